The third-order valence-electron chi connectivity index (χ3n) is 3.00. The molecule has 0 radical (unpaired) electrons. The number of hydrogen-bond acceptors (Lipinski definition) is 3. The number of aromatic nitrogens is 1. The third-order valence-corrected chi connectivity index (χ3v) is 3.00. The highest BCUT2D eigenvalue weighted by molar-refractivity contribution is 5.53. The Morgan fingerprint density at radius 3 is 2.79 bits per heavy atom. The lowest BCUT2D eigenvalue weighted by Gasteiger charge is -2.11. The fraction of sp³-hybridized carbons (Fsp3) is 0.267. The van der Waals surface area contributed by atoms with Crippen molar-refractivity contribution in [2.24, 2.45) is 0 Å². The first-order valence-corrected chi connectivity index (χ1v) is 6.24. The van der Waals surface area contributed by atoms with E-state index >= 15 is 0 Å². The summed E-state index contributed by atoms with van der Waals surface area (Å²) in [7, 11) is 1.66. The Hall–Kier alpha value is -2.23. The number of hydrogen-bond donors (Lipinski definition) is 1. The number of anilines is 1. The molecule has 0 saturated carbocycles. The summed E-state index contributed by atoms with van der Waals surface area (Å²) < 4.78 is 6.85. The van der Waals surface area contributed by atoms with Crippen LogP contribution in [-0.4, -0.2) is 18.2 Å². The van der Waals surface area contributed by atoms with Crippen LogP contribution in [0, 0.1) is 6.92 Å². The van der Waals surface area contributed by atoms with Crippen LogP contribution in [0.25, 0.3) is 0 Å². The number of benzene rings is 1. The summed E-state index contributed by atoms with van der Waals surface area (Å²) in [4.78, 5) is 11.5. The van der Waals surface area contributed by atoms with Crippen LogP contribution in [0.2, 0.25) is 0 Å². The molecule has 1 N–H and O–H groups in total. The molecule has 100 valence electrons. The highest BCUT2D eigenvalue weighted by atomic mass is 16.5. The lowest BCUT2D eigenvalue weighted by Crippen LogP contribution is -2.22. The predicted octanol–water partition coefficient (Wildman–Crippen LogP) is 2.28. The van der Waals surface area contributed by atoms with Gasteiger partial charge in [-0.1, -0.05) is 6.07 Å². The summed E-state index contributed by atoms with van der Waals surface area (Å²) in [6.07, 6.45) is 1.80. The molecule has 0 amide bonds. The first-order valence-electron chi connectivity index (χ1n) is 6.24. The number of rotatable bonds is 5. The molecule has 0 spiro atoms. The van der Waals surface area contributed by atoms with Crippen LogP contribution in [-0.2, 0) is 6.54 Å². The SMILES string of the molecule is COc1ccc(NCCn2ccccc2=O)c(C)c1. The highest BCUT2D eigenvalue weighted by Gasteiger charge is 2.00. The predicted molar refractivity (Wildman–Crippen MR) is 76.9 cm³/mol. The van der Waals surface area contributed by atoms with E-state index in [1.54, 1.807) is 30.0 Å². The maximum absolute atomic E-state index is 11.5. The van der Waals surface area contributed by atoms with E-state index in [-0.39, 0.29) is 5.56 Å². The quantitative estimate of drug-likeness (QED) is 0.894. The Morgan fingerprint density at radius 1 is 1.26 bits per heavy atom. The van der Waals surface area contributed by atoms with Crippen LogP contribution in [0.4, 0.5) is 5.69 Å². The number of pyridine rings is 1. The molecule has 4 heteroatoms. The van der Waals surface area contributed by atoms with Gasteiger partial charge >= 0.3 is 0 Å². The number of methoxy groups -OCH3 is 1. The molecule has 2 rings (SSSR count). The van der Waals surface area contributed by atoms with Gasteiger partial charge in [0, 0.05) is 31.0 Å². The van der Waals surface area contributed by atoms with E-state index in [1.165, 1.54) is 0 Å². The molecule has 1 heterocycles. The Balaban J connectivity index is 1.96. The van der Waals surface area contributed by atoms with Crippen molar-refractivity contribution < 1.29 is 4.74 Å². The van der Waals surface area contributed by atoms with Crippen molar-refractivity contribution in [3.05, 3.63) is 58.5 Å². The molecule has 4 nitrogen and oxygen atoms in total. The van der Waals surface area contributed by atoms with Crippen LogP contribution >= 0.6 is 0 Å². The van der Waals surface area contributed by atoms with Crippen molar-refractivity contribution >= 4 is 5.69 Å². The van der Waals surface area contributed by atoms with Gasteiger partial charge in [-0.2, -0.15) is 0 Å². The second-order valence-corrected chi connectivity index (χ2v) is 4.34. The van der Waals surface area contributed by atoms with E-state index in [2.05, 4.69) is 5.32 Å². The first-order chi connectivity index (χ1) is 9.20. The Kier molecular flexibility index (Phi) is 4.23. The van der Waals surface area contributed by atoms with Crippen molar-refractivity contribution in [3.8, 4) is 5.75 Å². The van der Waals surface area contributed by atoms with E-state index in [0.29, 0.717) is 13.1 Å². The lowest BCUT2D eigenvalue weighted by atomic mass is 10.2. The van der Waals surface area contributed by atoms with E-state index in [0.717, 1.165) is 17.0 Å². The van der Waals surface area contributed by atoms with Gasteiger partial charge in [0.2, 0.25) is 0 Å². The van der Waals surface area contributed by atoms with Gasteiger partial charge in [-0.25, -0.2) is 0 Å². The largest absolute Gasteiger partial charge is 0.497 e. The number of aryl methyl sites for hydroxylation is 1. The molecule has 0 bridgehead atoms. The second-order valence-electron chi connectivity index (χ2n) is 4.34. The molecule has 0 aliphatic carbocycles. The Labute approximate surface area is 112 Å². The van der Waals surface area contributed by atoms with Crippen LogP contribution in [0.15, 0.2) is 47.4 Å². The van der Waals surface area contributed by atoms with Crippen molar-refractivity contribution in [1.82, 2.24) is 4.57 Å². The molecule has 0 saturated heterocycles. The zero-order valence-corrected chi connectivity index (χ0v) is 11.2. The van der Waals surface area contributed by atoms with E-state index in [4.69, 9.17) is 4.74 Å². The summed E-state index contributed by atoms with van der Waals surface area (Å²) in [6, 6.07) is 11.1. The minimum Gasteiger partial charge on any atom is -0.497 e. The smallest absolute Gasteiger partial charge is 0.250 e. The molecule has 19 heavy (non-hydrogen) atoms. The monoisotopic (exact) mass is 258 g/mol. The van der Waals surface area contributed by atoms with Gasteiger partial charge in [0.05, 0.1) is 7.11 Å². The molecule has 0 aliphatic rings. The molecule has 0 atom stereocenters. The Morgan fingerprint density at radius 2 is 2.11 bits per heavy atom. The van der Waals surface area contributed by atoms with Crippen LogP contribution in [0.1, 0.15) is 5.56 Å². The van der Waals surface area contributed by atoms with Gasteiger partial charge in [-0.05, 0) is 36.8 Å². The molecule has 0 fully saturated rings. The highest BCUT2D eigenvalue weighted by Crippen LogP contribution is 2.20. The van der Waals surface area contributed by atoms with Crippen molar-refractivity contribution in [3.63, 3.8) is 0 Å². The fourth-order valence-corrected chi connectivity index (χ4v) is 1.92. The topological polar surface area (TPSA) is 43.3 Å². The summed E-state index contributed by atoms with van der Waals surface area (Å²) in [5.74, 6) is 0.849. The van der Waals surface area contributed by atoms with E-state index in [9.17, 15) is 4.79 Å². The number of ether oxygens (including phenoxy) is 1. The molecule has 1 aromatic heterocycles. The third kappa shape index (κ3) is 3.37. The summed E-state index contributed by atoms with van der Waals surface area (Å²) in [5.41, 5.74) is 2.21. The Bertz CT molecular complexity index is 605. The number of nitrogens with zero attached hydrogens (tertiary/aromatic N) is 1. The van der Waals surface area contributed by atoms with Crippen LogP contribution < -0.4 is 15.6 Å². The normalized spacial score (nSPS) is 10.2. The van der Waals surface area contributed by atoms with Crippen LogP contribution in [0.3, 0.4) is 0 Å². The van der Waals surface area contributed by atoms with E-state index < -0.39 is 0 Å². The molecule has 0 aliphatic heterocycles. The fourth-order valence-electron chi connectivity index (χ4n) is 1.92. The van der Waals surface area contributed by atoms with Crippen molar-refractivity contribution in [2.75, 3.05) is 19.0 Å². The standard InChI is InChI=1S/C15H18N2O2/c1-12-11-13(19-2)6-7-14(12)16-8-10-17-9-4-3-5-15(17)18/h3-7,9,11,16H,8,10H2,1-2H3. The average molecular weight is 258 g/mol. The zero-order valence-electron chi connectivity index (χ0n) is 11.2. The van der Waals surface area contributed by atoms with Crippen LogP contribution in [0.5, 0.6) is 5.75 Å². The first kappa shape index (κ1) is 13.2. The molecular formula is C15H18N2O2. The average Bonchev–Trinajstić information content (AvgIpc) is 2.42. The summed E-state index contributed by atoms with van der Waals surface area (Å²) in [6.45, 7) is 3.38. The second kappa shape index (κ2) is 6.09. The van der Waals surface area contributed by atoms with Crippen molar-refractivity contribution in [2.45, 2.75) is 13.5 Å². The maximum atomic E-state index is 11.5. The van der Waals surface area contributed by atoms with Gasteiger partial charge in [0.25, 0.3) is 5.56 Å². The van der Waals surface area contributed by atoms with E-state index in [1.807, 2.05) is 31.2 Å². The zero-order chi connectivity index (χ0) is 13.7. The number of nitrogens with one attached hydrogen (secondary N) is 1. The van der Waals surface area contributed by atoms with Gasteiger partial charge in [0.15, 0.2) is 0 Å². The minimum atomic E-state index is 0.0238. The molecular weight excluding hydrogens is 240 g/mol. The minimum absolute atomic E-state index is 0.0238. The maximum Gasteiger partial charge on any atom is 0.250 e. The molecule has 2 aromatic rings. The summed E-state index contributed by atoms with van der Waals surface area (Å²) >= 11 is 0. The van der Waals surface area contributed by atoms with Gasteiger partial charge < -0.3 is 14.6 Å². The van der Waals surface area contributed by atoms with Crippen molar-refractivity contribution in [1.29, 1.82) is 0 Å². The van der Waals surface area contributed by atoms with Gasteiger partial charge in [-0.3, -0.25) is 4.79 Å². The van der Waals surface area contributed by atoms with Gasteiger partial charge in [-0.15, -0.1) is 0 Å². The lowest BCUT2D eigenvalue weighted by molar-refractivity contribution is 0.414. The summed E-state index contributed by atoms with van der Waals surface area (Å²) in [5, 5.41) is 3.32. The molecule has 0 unspecified atom stereocenters. The van der Waals surface area contributed by atoms with Gasteiger partial charge in [0.1, 0.15) is 5.75 Å². The molecule has 1 aromatic carbocycles.